The Morgan fingerprint density at radius 2 is 2.00 bits per heavy atom. The monoisotopic (exact) mass is 273 g/mol. The van der Waals surface area contributed by atoms with Crippen molar-refractivity contribution in [2.45, 2.75) is 31.7 Å². The number of benzene rings is 1. The molecule has 108 valence electrons. The number of carbonyl (C=O) groups is 1. The molecule has 0 aromatic heterocycles. The van der Waals surface area contributed by atoms with Crippen LogP contribution in [-0.4, -0.2) is 36.6 Å². The first-order valence-corrected chi connectivity index (χ1v) is 7.65. The third-order valence-corrected chi connectivity index (χ3v) is 4.09. The van der Waals surface area contributed by atoms with Crippen LogP contribution in [0.4, 0.5) is 10.5 Å². The summed E-state index contributed by atoms with van der Waals surface area (Å²) in [5, 5.41) is 6.49. The molecule has 2 amide bonds. The molecular weight excluding hydrogens is 250 g/mol. The molecule has 2 N–H and O–H groups in total. The highest BCUT2D eigenvalue weighted by molar-refractivity contribution is 5.89. The average molecular weight is 273 g/mol. The summed E-state index contributed by atoms with van der Waals surface area (Å²) in [6.45, 7) is 2.81. The smallest absolute Gasteiger partial charge is 0.321 e. The molecule has 2 fully saturated rings. The quantitative estimate of drug-likeness (QED) is 0.866. The zero-order chi connectivity index (χ0) is 13.8. The molecule has 1 aliphatic heterocycles. The fraction of sp³-hybridized carbons (Fsp3) is 0.562. The molecule has 20 heavy (non-hydrogen) atoms. The normalized spacial score (nSPS) is 21.7. The number of hydrogen-bond acceptors (Lipinski definition) is 2. The summed E-state index contributed by atoms with van der Waals surface area (Å²) in [6.07, 6.45) is 4.95. The number of carbonyl (C=O) groups excluding carboxylic acids is 1. The van der Waals surface area contributed by atoms with E-state index >= 15 is 0 Å². The first kappa shape index (κ1) is 13.4. The van der Waals surface area contributed by atoms with Gasteiger partial charge in [0.1, 0.15) is 0 Å². The molecule has 1 aromatic carbocycles. The molecule has 1 aromatic rings. The van der Waals surface area contributed by atoms with Crippen LogP contribution in [0.1, 0.15) is 25.7 Å². The molecule has 1 heterocycles. The molecule has 0 radical (unpaired) electrons. The summed E-state index contributed by atoms with van der Waals surface area (Å²) in [5.74, 6) is 0.720. The zero-order valence-electron chi connectivity index (χ0n) is 11.8. The van der Waals surface area contributed by atoms with E-state index in [1.807, 2.05) is 35.2 Å². The number of anilines is 1. The van der Waals surface area contributed by atoms with Crippen LogP contribution >= 0.6 is 0 Å². The molecule has 0 spiro atoms. The molecule has 1 saturated carbocycles. The van der Waals surface area contributed by atoms with Gasteiger partial charge in [0.15, 0.2) is 0 Å². The van der Waals surface area contributed by atoms with E-state index in [2.05, 4.69) is 10.6 Å². The van der Waals surface area contributed by atoms with E-state index in [1.54, 1.807) is 0 Å². The third-order valence-electron chi connectivity index (χ3n) is 4.09. The maximum atomic E-state index is 12.5. The van der Waals surface area contributed by atoms with Crippen LogP contribution in [0, 0.1) is 5.92 Å². The van der Waals surface area contributed by atoms with Gasteiger partial charge in [0, 0.05) is 24.8 Å². The minimum absolute atomic E-state index is 0.0387. The Hall–Kier alpha value is -1.55. The lowest BCUT2D eigenvalue weighted by Crippen LogP contribution is -2.44. The first-order valence-electron chi connectivity index (χ1n) is 7.65. The number of nitrogens with one attached hydrogen (secondary N) is 2. The van der Waals surface area contributed by atoms with Gasteiger partial charge in [-0.05, 0) is 50.3 Å². The molecule has 3 rings (SSSR count). The van der Waals surface area contributed by atoms with Gasteiger partial charge in [0.2, 0.25) is 0 Å². The number of hydrogen-bond donors (Lipinski definition) is 2. The summed E-state index contributed by atoms with van der Waals surface area (Å²) in [4.78, 5) is 14.4. The van der Waals surface area contributed by atoms with Gasteiger partial charge in [-0.1, -0.05) is 18.2 Å². The van der Waals surface area contributed by atoms with E-state index in [0.29, 0.717) is 6.04 Å². The van der Waals surface area contributed by atoms with Gasteiger partial charge in [-0.25, -0.2) is 4.79 Å². The van der Waals surface area contributed by atoms with Crippen molar-refractivity contribution in [3.63, 3.8) is 0 Å². The fourth-order valence-corrected chi connectivity index (χ4v) is 2.76. The topological polar surface area (TPSA) is 44.4 Å². The molecule has 1 saturated heterocycles. The van der Waals surface area contributed by atoms with Crippen LogP contribution < -0.4 is 10.6 Å². The predicted molar refractivity (Wildman–Crippen MR) is 80.8 cm³/mol. The van der Waals surface area contributed by atoms with Gasteiger partial charge in [-0.3, -0.25) is 0 Å². The third kappa shape index (κ3) is 3.73. The Morgan fingerprint density at radius 1 is 1.20 bits per heavy atom. The Labute approximate surface area is 120 Å². The van der Waals surface area contributed by atoms with Crippen LogP contribution in [0.5, 0.6) is 0 Å². The lowest BCUT2D eigenvalue weighted by atomic mass is 10.2. The van der Waals surface area contributed by atoms with Crippen molar-refractivity contribution >= 4 is 11.7 Å². The zero-order valence-corrected chi connectivity index (χ0v) is 11.8. The van der Waals surface area contributed by atoms with Crippen molar-refractivity contribution in [3.8, 4) is 0 Å². The molecule has 4 heteroatoms. The Bertz CT molecular complexity index is 438. The largest absolute Gasteiger partial charge is 0.323 e. The summed E-state index contributed by atoms with van der Waals surface area (Å²) in [7, 11) is 0. The van der Waals surface area contributed by atoms with Crippen molar-refractivity contribution < 1.29 is 4.79 Å². The fourth-order valence-electron chi connectivity index (χ4n) is 2.76. The number of para-hydroxylation sites is 1. The molecule has 1 aliphatic carbocycles. The predicted octanol–water partition coefficient (Wildman–Crippen LogP) is 2.68. The number of amides is 2. The van der Waals surface area contributed by atoms with Crippen molar-refractivity contribution in [1.29, 1.82) is 0 Å². The molecule has 4 nitrogen and oxygen atoms in total. The number of urea groups is 1. The highest BCUT2D eigenvalue weighted by Gasteiger charge is 2.29. The first-order chi connectivity index (χ1) is 9.81. The van der Waals surface area contributed by atoms with Crippen LogP contribution in [-0.2, 0) is 0 Å². The second-order valence-corrected chi connectivity index (χ2v) is 5.94. The highest BCUT2D eigenvalue weighted by atomic mass is 16.2. The van der Waals surface area contributed by atoms with Gasteiger partial charge in [0.25, 0.3) is 0 Å². The van der Waals surface area contributed by atoms with E-state index in [-0.39, 0.29) is 6.03 Å². The standard InChI is InChI=1S/C16H23N3O/c20-16(18-14-5-2-1-3-6-14)19(11-13-8-9-13)12-15-7-4-10-17-15/h1-3,5-6,13,15,17H,4,7-12H2,(H,18,20). The van der Waals surface area contributed by atoms with Crippen LogP contribution in [0.25, 0.3) is 0 Å². The highest BCUT2D eigenvalue weighted by Crippen LogP contribution is 2.30. The summed E-state index contributed by atoms with van der Waals surface area (Å²) >= 11 is 0. The van der Waals surface area contributed by atoms with Gasteiger partial charge < -0.3 is 15.5 Å². The average Bonchev–Trinajstić information content (AvgIpc) is 3.13. The SMILES string of the molecule is O=C(Nc1ccccc1)N(CC1CC1)CC1CCCN1. The lowest BCUT2D eigenvalue weighted by Gasteiger charge is -2.26. The van der Waals surface area contributed by atoms with E-state index in [9.17, 15) is 4.79 Å². The van der Waals surface area contributed by atoms with Crippen LogP contribution in [0.15, 0.2) is 30.3 Å². The van der Waals surface area contributed by atoms with Gasteiger partial charge in [-0.2, -0.15) is 0 Å². The summed E-state index contributed by atoms with van der Waals surface area (Å²) in [6, 6.07) is 10.2. The minimum Gasteiger partial charge on any atom is -0.323 e. The molecular formula is C16H23N3O. The van der Waals surface area contributed by atoms with Crippen molar-refractivity contribution in [3.05, 3.63) is 30.3 Å². The maximum absolute atomic E-state index is 12.5. The Kier molecular flexibility index (Phi) is 4.21. The van der Waals surface area contributed by atoms with Gasteiger partial charge in [-0.15, -0.1) is 0 Å². The van der Waals surface area contributed by atoms with Crippen molar-refractivity contribution in [2.75, 3.05) is 25.0 Å². The minimum atomic E-state index is 0.0387. The van der Waals surface area contributed by atoms with E-state index in [1.165, 1.54) is 25.7 Å². The molecule has 2 aliphatic rings. The van der Waals surface area contributed by atoms with Gasteiger partial charge >= 0.3 is 6.03 Å². The Morgan fingerprint density at radius 3 is 2.65 bits per heavy atom. The molecule has 1 atom stereocenters. The second-order valence-electron chi connectivity index (χ2n) is 5.94. The van der Waals surface area contributed by atoms with E-state index in [4.69, 9.17) is 0 Å². The van der Waals surface area contributed by atoms with Crippen LogP contribution in [0.2, 0.25) is 0 Å². The maximum Gasteiger partial charge on any atom is 0.321 e. The molecule has 0 bridgehead atoms. The van der Waals surface area contributed by atoms with E-state index in [0.717, 1.165) is 31.2 Å². The van der Waals surface area contributed by atoms with Crippen LogP contribution in [0.3, 0.4) is 0 Å². The summed E-state index contributed by atoms with van der Waals surface area (Å²) in [5.41, 5.74) is 0.873. The summed E-state index contributed by atoms with van der Waals surface area (Å²) < 4.78 is 0. The Balaban J connectivity index is 1.59. The number of rotatable bonds is 5. The molecule has 1 unspecified atom stereocenters. The number of nitrogens with zero attached hydrogens (tertiary/aromatic N) is 1. The lowest BCUT2D eigenvalue weighted by molar-refractivity contribution is 0.203. The van der Waals surface area contributed by atoms with Crippen molar-refractivity contribution in [2.24, 2.45) is 5.92 Å². The van der Waals surface area contributed by atoms with Crippen molar-refractivity contribution in [1.82, 2.24) is 10.2 Å². The van der Waals surface area contributed by atoms with E-state index < -0.39 is 0 Å². The second kappa shape index (κ2) is 6.27. The van der Waals surface area contributed by atoms with Gasteiger partial charge in [0.05, 0.1) is 0 Å².